The summed E-state index contributed by atoms with van der Waals surface area (Å²) < 4.78 is 107. The van der Waals surface area contributed by atoms with Crippen molar-refractivity contribution < 1.29 is 39.2 Å². The molecule has 80 heavy (non-hydrogen) atoms. The van der Waals surface area contributed by atoms with Gasteiger partial charge in [0.2, 0.25) is 0 Å². The van der Waals surface area contributed by atoms with Gasteiger partial charge in [-0.25, -0.2) is 21.6 Å². The maximum absolute atomic E-state index is 14.5. The van der Waals surface area contributed by atoms with Gasteiger partial charge in [-0.05, 0) is 145 Å². The highest BCUT2D eigenvalue weighted by Gasteiger charge is 2.67. The van der Waals surface area contributed by atoms with Crippen molar-refractivity contribution in [2.75, 3.05) is 75.4 Å². The van der Waals surface area contributed by atoms with Crippen molar-refractivity contribution in [2.45, 2.75) is 118 Å². The summed E-state index contributed by atoms with van der Waals surface area (Å²) in [5.74, 6) is -0.689. The lowest BCUT2D eigenvalue weighted by atomic mass is 9.33. The second kappa shape index (κ2) is 23.4. The number of halogens is 3. The molecule has 1 amide bonds. The summed E-state index contributed by atoms with van der Waals surface area (Å²) in [7, 11) is -11.9. The molecular weight excluding hydrogens is 1090 g/mol. The van der Waals surface area contributed by atoms with E-state index in [1.165, 1.54) is 56.0 Å². The zero-order chi connectivity index (χ0) is 57.4. The van der Waals surface area contributed by atoms with Crippen LogP contribution in [0.25, 0.3) is 0 Å². The van der Waals surface area contributed by atoms with Gasteiger partial charge in [-0.1, -0.05) is 132 Å². The lowest BCUT2D eigenvalue weighted by Crippen LogP contribution is -2.67. The van der Waals surface area contributed by atoms with Gasteiger partial charge in [-0.3, -0.25) is 9.69 Å². The molecular formula is C62H78F3N5O6S3Si. The van der Waals surface area contributed by atoms with Crippen LogP contribution in [0, 0.1) is 16.2 Å². The van der Waals surface area contributed by atoms with Crippen molar-refractivity contribution in [3.05, 3.63) is 150 Å². The van der Waals surface area contributed by atoms with Crippen molar-refractivity contribution in [2.24, 2.45) is 16.2 Å². The molecule has 430 valence electrons. The fourth-order valence-electron chi connectivity index (χ4n) is 13.1. The smallest absolute Gasteiger partial charge is 0.406 e. The van der Waals surface area contributed by atoms with Gasteiger partial charge in [-0.2, -0.15) is 13.2 Å². The van der Waals surface area contributed by atoms with Crippen molar-refractivity contribution in [3.63, 3.8) is 0 Å². The minimum atomic E-state index is -6.12. The first-order valence-corrected chi connectivity index (χ1v) is 33.8. The Morgan fingerprint density at radius 1 is 0.787 bits per heavy atom. The number of carbonyl (C=O) groups excluding carboxylic acids is 1. The van der Waals surface area contributed by atoms with Gasteiger partial charge in [-0.15, -0.1) is 11.8 Å². The van der Waals surface area contributed by atoms with Crippen LogP contribution in [-0.2, 0) is 24.3 Å². The van der Waals surface area contributed by atoms with Crippen molar-refractivity contribution in [1.29, 1.82) is 0 Å². The molecule has 1 saturated heterocycles. The van der Waals surface area contributed by atoms with Crippen LogP contribution >= 0.6 is 11.8 Å². The molecule has 18 heteroatoms. The fraction of sp³-hybridized carbons (Fsp3) is 0.468. The number of piperazine rings is 1. The predicted octanol–water partition coefficient (Wildman–Crippen LogP) is 11.4. The van der Waals surface area contributed by atoms with Crippen molar-refractivity contribution in [3.8, 4) is 0 Å². The summed E-state index contributed by atoms with van der Waals surface area (Å²) in [5, 5.41) is 5.12. The number of sulfone groups is 1. The van der Waals surface area contributed by atoms with Crippen LogP contribution in [0.2, 0.25) is 5.04 Å². The Bertz CT molecular complexity index is 3180. The molecule has 10 rings (SSSR count). The Kier molecular flexibility index (Phi) is 17.4. The normalized spacial score (nSPS) is 21.2. The van der Waals surface area contributed by atoms with Gasteiger partial charge < -0.3 is 19.5 Å². The van der Waals surface area contributed by atoms with Crippen LogP contribution in [0.15, 0.2) is 159 Å². The Morgan fingerprint density at radius 2 is 1.38 bits per heavy atom. The standard InChI is InChI=1S/C62H78F3N5O6S3Si/c1-58(2,3)80(52-19-13-9-14-20-52,53-21-15-10-16-22-53)76-38-37-68(7)32-30-48(42-77-50-17-11-8-12-18-50)66-55-28-27-51(39-56(55)78(72,73)62(63,64)65)79(74,75)67-57(71)46-23-25-49(26-24-46)70-35-33-69(34-36-70)41-47-29-31-59(4,5)40-54(47)61-43-60(6,44-61)45-61/h8-28,39,48,66H,29-38,40-45H2,1-7H3,(H,67,71). The van der Waals surface area contributed by atoms with E-state index in [1.54, 1.807) is 23.3 Å². The first-order valence-electron chi connectivity index (χ1n) is 27.9. The fourth-order valence-corrected chi connectivity index (χ4v) is 20.6. The number of allylic oxidation sites excluding steroid dienone is 1. The van der Waals surface area contributed by atoms with Crippen LogP contribution in [0.3, 0.4) is 0 Å². The zero-order valence-electron chi connectivity index (χ0n) is 47.2. The average Bonchev–Trinajstić information content (AvgIpc) is 3.28. The van der Waals surface area contributed by atoms with E-state index in [0.29, 0.717) is 54.2 Å². The summed E-state index contributed by atoms with van der Waals surface area (Å²) in [5.41, 5.74) is -0.573. The van der Waals surface area contributed by atoms with Gasteiger partial charge in [0, 0.05) is 73.8 Å². The van der Waals surface area contributed by atoms with E-state index in [9.17, 15) is 34.8 Å². The van der Waals surface area contributed by atoms with E-state index in [0.717, 1.165) is 72.2 Å². The largest absolute Gasteiger partial charge is 0.501 e. The molecule has 4 fully saturated rings. The van der Waals surface area contributed by atoms with E-state index < -0.39 is 61.1 Å². The van der Waals surface area contributed by atoms with Gasteiger partial charge in [0.05, 0.1) is 10.6 Å². The lowest BCUT2D eigenvalue weighted by Gasteiger charge is -2.72. The number of anilines is 2. The second-order valence-corrected chi connectivity index (χ2v) is 34.0. The van der Waals surface area contributed by atoms with E-state index in [1.807, 2.05) is 78.5 Å². The van der Waals surface area contributed by atoms with Crippen molar-refractivity contribution >= 4 is 67.6 Å². The number of likely N-dealkylation sites (N-methyl/N-ethyl adjacent to an activating group) is 1. The molecule has 5 aromatic carbocycles. The summed E-state index contributed by atoms with van der Waals surface area (Å²) in [4.78, 5) is 19.2. The molecule has 11 nitrogen and oxygen atoms in total. The molecule has 5 aromatic rings. The molecule has 3 saturated carbocycles. The molecule has 1 heterocycles. The number of sulfonamides is 1. The van der Waals surface area contributed by atoms with Gasteiger partial charge >= 0.3 is 5.51 Å². The lowest BCUT2D eigenvalue weighted by molar-refractivity contribution is -0.167. The second-order valence-electron chi connectivity index (χ2n) is 25.0. The molecule has 1 aliphatic heterocycles. The molecule has 1 unspecified atom stereocenters. The van der Waals surface area contributed by atoms with Gasteiger partial charge in [0.15, 0.2) is 0 Å². The molecule has 0 spiro atoms. The third-order valence-corrected chi connectivity index (χ3v) is 26.2. The third-order valence-electron chi connectivity index (χ3n) is 17.1. The minimum Gasteiger partial charge on any atom is -0.406 e. The zero-order valence-corrected chi connectivity index (χ0v) is 50.7. The first-order chi connectivity index (χ1) is 37.7. The molecule has 1 atom stereocenters. The van der Waals surface area contributed by atoms with Gasteiger partial charge in [0.25, 0.3) is 34.1 Å². The minimum absolute atomic E-state index is 0.0119. The maximum atomic E-state index is 14.5. The average molecular weight is 1170 g/mol. The molecule has 2 bridgehead atoms. The molecule has 5 aliphatic rings. The molecule has 0 radical (unpaired) electrons. The van der Waals surface area contributed by atoms with E-state index in [2.05, 4.69) is 85.8 Å². The highest BCUT2D eigenvalue weighted by atomic mass is 32.2. The number of nitrogens with one attached hydrogen (secondary N) is 2. The van der Waals surface area contributed by atoms with Crippen molar-refractivity contribution in [1.82, 2.24) is 14.5 Å². The first kappa shape index (κ1) is 59.7. The number of carbonyl (C=O) groups is 1. The number of rotatable bonds is 22. The Hall–Kier alpha value is -4.95. The monoisotopic (exact) mass is 1170 g/mol. The third kappa shape index (κ3) is 13.0. The Balaban J connectivity index is 0.860. The van der Waals surface area contributed by atoms with Crippen LogP contribution < -0.4 is 25.3 Å². The molecule has 4 aliphatic carbocycles. The molecule has 2 N–H and O–H groups in total. The Labute approximate surface area is 478 Å². The maximum Gasteiger partial charge on any atom is 0.501 e. The number of thioether (sulfide) groups is 1. The summed E-state index contributed by atoms with van der Waals surface area (Å²) in [6, 6.07) is 38.5. The highest BCUT2D eigenvalue weighted by molar-refractivity contribution is 7.99. The predicted molar refractivity (Wildman–Crippen MR) is 319 cm³/mol. The number of nitrogens with zero attached hydrogens (tertiary/aromatic N) is 3. The topological polar surface area (TPSA) is 128 Å². The number of alkyl halides is 3. The summed E-state index contributed by atoms with van der Waals surface area (Å²) in [6.45, 7) is 19.6. The van der Waals surface area contributed by atoms with E-state index in [-0.39, 0.29) is 10.6 Å². The van der Waals surface area contributed by atoms with Gasteiger partial charge in [0.1, 0.15) is 4.90 Å². The van der Waals surface area contributed by atoms with Crippen LogP contribution in [0.1, 0.15) is 96.8 Å². The highest BCUT2D eigenvalue weighted by Crippen LogP contribution is 2.77. The number of benzene rings is 5. The molecule has 0 aromatic heterocycles. The van der Waals surface area contributed by atoms with Crippen LogP contribution in [0.4, 0.5) is 24.5 Å². The Morgan fingerprint density at radius 3 is 1.94 bits per heavy atom. The SMILES string of the molecule is CN(CCO[Si](c1ccccc1)(c1ccccc1)C(C)(C)C)CCC(CSc1ccccc1)Nc1ccc(S(=O)(=O)NC(=O)c2ccc(N3CCN(CC4=C(C56CC(C)(C5)C6)CC(C)(C)CC4)CC3)cc2)cc1S(=O)(=O)C(F)(F)F. The number of hydrogen-bond donors (Lipinski definition) is 2. The number of amides is 1. The summed E-state index contributed by atoms with van der Waals surface area (Å²) >= 11 is 1.45. The quantitative estimate of drug-likeness (QED) is 0.0390. The van der Waals surface area contributed by atoms with E-state index in [4.69, 9.17) is 4.43 Å². The van der Waals surface area contributed by atoms with Crippen LogP contribution in [0.5, 0.6) is 0 Å². The summed E-state index contributed by atoms with van der Waals surface area (Å²) in [6.07, 6.45) is 7.94. The number of hydrogen-bond acceptors (Lipinski definition) is 11. The van der Waals surface area contributed by atoms with Crippen LogP contribution in [-0.4, -0.2) is 118 Å². The van der Waals surface area contributed by atoms with E-state index >= 15 is 0 Å².